The molecule has 6 nitrogen and oxygen atoms in total. The highest BCUT2D eigenvalue weighted by atomic mass is 16.8. The van der Waals surface area contributed by atoms with Crippen molar-refractivity contribution in [1.82, 2.24) is 0 Å². The summed E-state index contributed by atoms with van der Waals surface area (Å²) < 4.78 is 30.9. The fourth-order valence-corrected chi connectivity index (χ4v) is 5.01. The van der Waals surface area contributed by atoms with Crippen LogP contribution in [0.2, 0.25) is 0 Å². The van der Waals surface area contributed by atoms with Crippen molar-refractivity contribution in [3.63, 3.8) is 0 Å². The van der Waals surface area contributed by atoms with Crippen molar-refractivity contribution in [3.8, 4) is 0 Å². The maximum Gasteiger partial charge on any atom is 0.306 e. The standard InChI is InChI=1S/C28H40O6/c1-28(2)33-26-25(30-20-21-16-12-11-13-17-21)24(32-27(26)34-28)22-18-14-9-7-5-3-4-6-8-10-15-19-23(29)31-22/h7,9,11-13,16-17,22,24-27H,3-6,8,10,14-15,18-20H2,1-2H3/b9-7-/t22-,24+,25-,26+,27+/m0/s1. The summed E-state index contributed by atoms with van der Waals surface area (Å²) in [5.74, 6) is -0.899. The zero-order chi connectivity index (χ0) is 23.8. The Morgan fingerprint density at radius 1 is 0.912 bits per heavy atom. The van der Waals surface area contributed by atoms with Crippen molar-refractivity contribution < 1.29 is 28.5 Å². The second kappa shape index (κ2) is 12.3. The zero-order valence-electron chi connectivity index (χ0n) is 20.7. The van der Waals surface area contributed by atoms with Crippen molar-refractivity contribution in [2.45, 2.75) is 121 Å². The van der Waals surface area contributed by atoms with Crippen LogP contribution in [0.4, 0.5) is 0 Å². The van der Waals surface area contributed by atoms with Crippen LogP contribution in [0.5, 0.6) is 0 Å². The van der Waals surface area contributed by atoms with Crippen LogP contribution in [0.1, 0.15) is 83.6 Å². The summed E-state index contributed by atoms with van der Waals surface area (Å²) in [5, 5.41) is 0. The van der Waals surface area contributed by atoms with Crippen LogP contribution in [0.25, 0.3) is 0 Å². The predicted molar refractivity (Wildman–Crippen MR) is 129 cm³/mol. The van der Waals surface area contributed by atoms with Crippen LogP contribution in [0, 0.1) is 0 Å². The Bertz CT molecular complexity index is 791. The van der Waals surface area contributed by atoms with Gasteiger partial charge in [0.15, 0.2) is 12.1 Å². The van der Waals surface area contributed by atoms with Gasteiger partial charge in [0.25, 0.3) is 0 Å². The Morgan fingerprint density at radius 3 is 2.47 bits per heavy atom. The fourth-order valence-electron chi connectivity index (χ4n) is 5.01. The van der Waals surface area contributed by atoms with Gasteiger partial charge in [-0.1, -0.05) is 68.2 Å². The highest BCUT2D eigenvalue weighted by Crippen LogP contribution is 2.41. The lowest BCUT2D eigenvalue weighted by molar-refractivity contribution is -0.233. The van der Waals surface area contributed by atoms with Gasteiger partial charge in [-0.15, -0.1) is 0 Å². The second-order valence-corrected chi connectivity index (χ2v) is 10.1. The molecule has 34 heavy (non-hydrogen) atoms. The lowest BCUT2D eigenvalue weighted by Gasteiger charge is -2.31. The number of cyclic esters (lactones) is 1. The van der Waals surface area contributed by atoms with Gasteiger partial charge in [-0.3, -0.25) is 4.79 Å². The van der Waals surface area contributed by atoms with Crippen molar-refractivity contribution in [3.05, 3.63) is 48.0 Å². The van der Waals surface area contributed by atoms with E-state index < -0.39 is 30.4 Å². The molecule has 3 heterocycles. The molecule has 0 unspecified atom stereocenters. The number of esters is 1. The SMILES string of the molecule is CC1(C)O[C@H]2O[C@H]([C@@H]3CC/C=C\CCCCCCCCC(=O)O3)[C@H](OCc3ccccc3)[C@H]2O1. The monoisotopic (exact) mass is 472 g/mol. The Hall–Kier alpha value is -1.73. The third-order valence-corrected chi connectivity index (χ3v) is 6.75. The van der Waals surface area contributed by atoms with Gasteiger partial charge in [0.05, 0.1) is 6.61 Å². The van der Waals surface area contributed by atoms with Crippen LogP contribution in [-0.2, 0) is 35.1 Å². The van der Waals surface area contributed by atoms with Crippen molar-refractivity contribution in [2.75, 3.05) is 0 Å². The molecule has 0 aromatic heterocycles. The summed E-state index contributed by atoms with van der Waals surface area (Å²) in [4.78, 5) is 12.7. The van der Waals surface area contributed by atoms with Gasteiger partial charge in [0.1, 0.15) is 24.4 Å². The third-order valence-electron chi connectivity index (χ3n) is 6.75. The molecule has 0 N–H and O–H groups in total. The summed E-state index contributed by atoms with van der Waals surface area (Å²) in [6.45, 7) is 4.19. The van der Waals surface area contributed by atoms with Gasteiger partial charge in [0, 0.05) is 6.42 Å². The van der Waals surface area contributed by atoms with Crippen LogP contribution < -0.4 is 0 Å². The molecular weight excluding hydrogens is 432 g/mol. The number of ether oxygens (including phenoxy) is 5. The zero-order valence-corrected chi connectivity index (χ0v) is 20.7. The summed E-state index contributed by atoms with van der Waals surface area (Å²) in [7, 11) is 0. The fraction of sp³-hybridized carbons (Fsp3) is 0.679. The third kappa shape index (κ3) is 7.14. The molecule has 2 fully saturated rings. The van der Waals surface area contributed by atoms with E-state index >= 15 is 0 Å². The van der Waals surface area contributed by atoms with Crippen LogP contribution in [0.3, 0.4) is 0 Å². The number of benzene rings is 1. The number of hydrogen-bond donors (Lipinski definition) is 0. The molecule has 0 aliphatic carbocycles. The minimum absolute atomic E-state index is 0.159. The van der Waals surface area contributed by atoms with Gasteiger partial charge in [-0.05, 0) is 51.5 Å². The molecular formula is C28H40O6. The molecule has 3 aliphatic rings. The second-order valence-electron chi connectivity index (χ2n) is 10.1. The summed E-state index contributed by atoms with van der Waals surface area (Å²) in [6.07, 6.45) is 12.2. The Kier molecular flexibility index (Phi) is 9.17. The Labute approximate surface area is 203 Å². The first kappa shape index (κ1) is 25.4. The molecule has 0 radical (unpaired) electrons. The van der Waals surface area contributed by atoms with E-state index in [4.69, 9.17) is 23.7 Å². The van der Waals surface area contributed by atoms with Crippen LogP contribution in [-0.4, -0.2) is 42.5 Å². The van der Waals surface area contributed by atoms with Gasteiger partial charge in [0.2, 0.25) is 0 Å². The lowest BCUT2D eigenvalue weighted by Crippen LogP contribution is -2.44. The van der Waals surface area contributed by atoms with E-state index in [1.807, 2.05) is 44.2 Å². The van der Waals surface area contributed by atoms with E-state index in [2.05, 4.69) is 12.2 Å². The molecule has 6 heteroatoms. The molecule has 0 bridgehead atoms. The van der Waals surface area contributed by atoms with E-state index in [1.165, 1.54) is 25.7 Å². The minimum Gasteiger partial charge on any atom is -0.459 e. The van der Waals surface area contributed by atoms with Crippen molar-refractivity contribution in [2.24, 2.45) is 0 Å². The number of rotatable bonds is 4. The smallest absolute Gasteiger partial charge is 0.306 e. The highest BCUT2D eigenvalue weighted by molar-refractivity contribution is 5.69. The topological polar surface area (TPSA) is 63.2 Å². The van der Waals surface area contributed by atoms with E-state index in [0.717, 1.165) is 31.2 Å². The Morgan fingerprint density at radius 2 is 1.65 bits per heavy atom. The first-order chi connectivity index (χ1) is 16.5. The molecule has 1 aromatic rings. The van der Waals surface area contributed by atoms with E-state index in [-0.39, 0.29) is 12.1 Å². The maximum absolute atomic E-state index is 12.7. The highest BCUT2D eigenvalue weighted by Gasteiger charge is 2.57. The Balaban J connectivity index is 1.48. The summed E-state index contributed by atoms with van der Waals surface area (Å²) in [6, 6.07) is 10.1. The average Bonchev–Trinajstić information content (AvgIpc) is 3.29. The van der Waals surface area contributed by atoms with Crippen molar-refractivity contribution in [1.29, 1.82) is 0 Å². The van der Waals surface area contributed by atoms with Gasteiger partial charge in [-0.25, -0.2) is 0 Å². The molecule has 3 aliphatic heterocycles. The first-order valence-corrected chi connectivity index (χ1v) is 13.0. The lowest BCUT2D eigenvalue weighted by atomic mass is 10.0. The van der Waals surface area contributed by atoms with E-state index in [9.17, 15) is 4.79 Å². The van der Waals surface area contributed by atoms with E-state index in [0.29, 0.717) is 19.4 Å². The number of carbonyl (C=O) groups is 1. The first-order valence-electron chi connectivity index (χ1n) is 13.0. The van der Waals surface area contributed by atoms with Crippen LogP contribution in [0.15, 0.2) is 42.5 Å². The molecule has 5 atom stereocenters. The minimum atomic E-state index is -0.740. The number of carbonyl (C=O) groups excluding carboxylic acids is 1. The molecule has 188 valence electrons. The van der Waals surface area contributed by atoms with Crippen molar-refractivity contribution >= 4 is 5.97 Å². The van der Waals surface area contributed by atoms with Crippen LogP contribution >= 0.6 is 0 Å². The molecule has 2 saturated heterocycles. The maximum atomic E-state index is 12.7. The normalized spacial score (nSPS) is 33.9. The average molecular weight is 473 g/mol. The predicted octanol–water partition coefficient (Wildman–Crippen LogP) is 5.83. The quantitative estimate of drug-likeness (QED) is 0.406. The van der Waals surface area contributed by atoms with E-state index in [1.54, 1.807) is 0 Å². The number of allylic oxidation sites excluding steroid dienone is 2. The molecule has 0 spiro atoms. The number of fused-ring (bicyclic) bond motifs is 1. The molecule has 4 rings (SSSR count). The summed E-state index contributed by atoms with van der Waals surface area (Å²) in [5.41, 5.74) is 1.07. The van der Waals surface area contributed by atoms with Gasteiger partial charge >= 0.3 is 5.97 Å². The summed E-state index contributed by atoms with van der Waals surface area (Å²) >= 11 is 0. The molecule has 0 amide bonds. The largest absolute Gasteiger partial charge is 0.459 e. The van der Waals surface area contributed by atoms with Gasteiger partial charge in [-0.2, -0.15) is 0 Å². The molecule has 1 aromatic carbocycles. The molecule has 0 saturated carbocycles. The van der Waals surface area contributed by atoms with Gasteiger partial charge < -0.3 is 23.7 Å². The number of hydrogen-bond acceptors (Lipinski definition) is 6.